The van der Waals surface area contributed by atoms with Gasteiger partial charge in [0, 0.05) is 23.8 Å². The molecule has 5 rings (SSSR count). The van der Waals surface area contributed by atoms with Gasteiger partial charge in [-0.2, -0.15) is 0 Å². The summed E-state index contributed by atoms with van der Waals surface area (Å²) in [5.41, 5.74) is 5.43. The Balaban J connectivity index is 1.51. The molecular weight excluding hydrogens is 644 g/mol. The Bertz CT molecular complexity index is 1890. The number of fused-ring (bicyclic) bond motifs is 1. The van der Waals surface area contributed by atoms with Crippen LogP contribution < -0.4 is 15.4 Å². The van der Waals surface area contributed by atoms with Crippen LogP contribution in [-0.4, -0.2) is 48.2 Å². The molecule has 0 bridgehead atoms. The van der Waals surface area contributed by atoms with E-state index in [1.54, 1.807) is 24.3 Å². The van der Waals surface area contributed by atoms with Gasteiger partial charge in [-0.3, -0.25) is 9.78 Å². The van der Waals surface area contributed by atoms with E-state index < -0.39 is 73.8 Å². The molecule has 1 aliphatic heterocycles. The number of carbonyl (C=O) groups is 1. The fourth-order valence-corrected chi connectivity index (χ4v) is 5.04. The number of hydrogen-bond donors (Lipinski definition) is 1. The highest BCUT2D eigenvalue weighted by Gasteiger charge is 2.45. The highest BCUT2D eigenvalue weighted by molar-refractivity contribution is 7.91. The number of nitrogens with zero attached hydrogens (tertiary/aromatic N) is 4. The first-order valence-corrected chi connectivity index (χ1v) is 15.3. The van der Waals surface area contributed by atoms with Crippen molar-refractivity contribution in [3.8, 4) is 28.5 Å². The number of anilines is 1. The number of halogens is 6. The molecule has 46 heavy (non-hydrogen) atoms. The number of hydrogen-bond acceptors (Lipinski definition) is 9. The van der Waals surface area contributed by atoms with Crippen LogP contribution in [0.25, 0.3) is 22.7 Å². The lowest BCUT2D eigenvalue weighted by Crippen LogP contribution is -2.43. The summed E-state index contributed by atoms with van der Waals surface area (Å²) in [4.78, 5) is 18.3. The van der Waals surface area contributed by atoms with Crippen molar-refractivity contribution in [2.24, 2.45) is 5.73 Å². The van der Waals surface area contributed by atoms with E-state index >= 15 is 13.2 Å². The van der Waals surface area contributed by atoms with E-state index in [1.165, 1.54) is 19.9 Å². The molecule has 1 amide bonds. The van der Waals surface area contributed by atoms with Crippen molar-refractivity contribution in [1.29, 1.82) is 0 Å². The Kier molecular flexibility index (Phi) is 8.13. The Morgan fingerprint density at radius 3 is 2.35 bits per heavy atom. The molecule has 2 aromatic heterocycles. The summed E-state index contributed by atoms with van der Waals surface area (Å²) in [7, 11) is -3.76. The Labute approximate surface area is 258 Å². The molecule has 0 aliphatic carbocycles. The molecule has 2 aromatic carbocycles. The largest absolute Gasteiger partial charge is 0.573 e. The third-order valence-electron chi connectivity index (χ3n) is 7.49. The van der Waals surface area contributed by atoms with Gasteiger partial charge >= 0.3 is 6.36 Å². The predicted molar refractivity (Wildman–Crippen MR) is 152 cm³/mol. The number of benzene rings is 2. The fraction of sp³-hybridized carbons (Fsp3) is 0.310. The van der Waals surface area contributed by atoms with Crippen LogP contribution in [0.15, 0.2) is 59.1 Å². The lowest BCUT2D eigenvalue weighted by atomic mass is 9.99. The van der Waals surface area contributed by atoms with Crippen LogP contribution in [0.3, 0.4) is 0 Å². The van der Waals surface area contributed by atoms with Crippen LogP contribution in [0.4, 0.5) is 32.0 Å². The van der Waals surface area contributed by atoms with Crippen molar-refractivity contribution in [2.45, 2.75) is 49.9 Å². The van der Waals surface area contributed by atoms with Gasteiger partial charge in [-0.25, -0.2) is 21.6 Å². The number of amides is 1. The van der Waals surface area contributed by atoms with Gasteiger partial charge in [0.1, 0.15) is 16.3 Å². The van der Waals surface area contributed by atoms with E-state index in [9.17, 15) is 26.4 Å². The minimum Gasteiger partial charge on any atom is -0.419 e. The number of pyridine rings is 1. The zero-order valence-electron chi connectivity index (χ0n) is 24.3. The van der Waals surface area contributed by atoms with Crippen molar-refractivity contribution >= 4 is 21.4 Å². The monoisotopic (exact) mass is 669 g/mol. The van der Waals surface area contributed by atoms with Crippen LogP contribution in [0, 0.1) is 5.82 Å². The summed E-state index contributed by atoms with van der Waals surface area (Å²) >= 11 is 0. The third-order valence-corrected chi connectivity index (χ3v) is 9.52. The van der Waals surface area contributed by atoms with E-state index in [0.717, 1.165) is 29.5 Å². The first kappa shape index (κ1) is 32.9. The van der Waals surface area contributed by atoms with E-state index in [-0.39, 0.29) is 18.1 Å². The summed E-state index contributed by atoms with van der Waals surface area (Å²) in [6, 6.07) is 8.43. The molecule has 0 saturated heterocycles. The number of ether oxygens (including phenoxy) is 1. The SMILES string of the molecule is CC(C)(c1nnc(-c2cc3c(cc2F)C(F)(F)CC(N)C(=O)N3Cc2ccc(-c3ccc(OC(F)(F)F)cn3)cc2)o1)S(C)(=O)=O. The standard InChI is InChI=1S/C29H25F6N5O5S/c1-27(2,46(3,42)43)26-39-38-24(44-26)18-10-23-19(11-20(18)30)28(31,32)12-21(36)25(41)40(23)14-15-4-6-16(7-5-15)22-9-8-17(13-37-22)45-29(33,34)35/h4-11,13,21H,12,14,36H2,1-3H3. The quantitative estimate of drug-likeness (QED) is 0.254. The van der Waals surface area contributed by atoms with Gasteiger partial charge in [0.05, 0.1) is 35.7 Å². The highest BCUT2D eigenvalue weighted by Crippen LogP contribution is 2.45. The summed E-state index contributed by atoms with van der Waals surface area (Å²) in [6.07, 6.45) is -4.13. The highest BCUT2D eigenvalue weighted by atomic mass is 32.2. The molecule has 0 saturated carbocycles. The molecule has 0 spiro atoms. The van der Waals surface area contributed by atoms with E-state index in [2.05, 4.69) is 19.9 Å². The number of nitrogens with two attached hydrogens (primary N) is 1. The number of rotatable bonds is 7. The summed E-state index contributed by atoms with van der Waals surface area (Å²) in [6.45, 7) is 2.31. The van der Waals surface area contributed by atoms with Crippen LogP contribution in [0.1, 0.15) is 37.3 Å². The van der Waals surface area contributed by atoms with Crippen molar-refractivity contribution in [3.05, 3.63) is 77.6 Å². The number of alkyl halides is 5. The average molecular weight is 670 g/mol. The van der Waals surface area contributed by atoms with Crippen LogP contribution in [-0.2, 0) is 31.8 Å². The molecule has 1 atom stereocenters. The minimum absolute atomic E-state index is 0.289. The maximum atomic E-state index is 15.4. The van der Waals surface area contributed by atoms with Gasteiger partial charge in [0.15, 0.2) is 9.84 Å². The second-order valence-electron chi connectivity index (χ2n) is 11.1. The van der Waals surface area contributed by atoms with Crippen molar-refractivity contribution < 1.29 is 48.7 Å². The van der Waals surface area contributed by atoms with Crippen molar-refractivity contribution in [1.82, 2.24) is 15.2 Å². The topological polar surface area (TPSA) is 142 Å². The zero-order chi connectivity index (χ0) is 33.8. The number of sulfone groups is 1. The molecule has 10 nitrogen and oxygen atoms in total. The van der Waals surface area contributed by atoms with Crippen molar-refractivity contribution in [2.75, 3.05) is 11.2 Å². The molecule has 2 N–H and O–H groups in total. The molecule has 244 valence electrons. The summed E-state index contributed by atoms with van der Waals surface area (Å²) < 4.78 is 115. The van der Waals surface area contributed by atoms with Crippen LogP contribution >= 0.6 is 0 Å². The van der Waals surface area contributed by atoms with E-state index in [0.29, 0.717) is 22.9 Å². The van der Waals surface area contributed by atoms with Gasteiger partial charge < -0.3 is 19.8 Å². The Morgan fingerprint density at radius 2 is 1.76 bits per heavy atom. The van der Waals surface area contributed by atoms with Gasteiger partial charge in [0.2, 0.25) is 11.8 Å². The van der Waals surface area contributed by atoms with Crippen LogP contribution in [0.5, 0.6) is 5.75 Å². The number of carbonyl (C=O) groups excluding carboxylic acids is 1. The summed E-state index contributed by atoms with van der Waals surface area (Å²) in [5.74, 6) is -7.15. The van der Waals surface area contributed by atoms with Gasteiger partial charge in [0.25, 0.3) is 11.8 Å². The van der Waals surface area contributed by atoms with E-state index in [4.69, 9.17) is 10.2 Å². The maximum absolute atomic E-state index is 15.4. The fourth-order valence-electron chi connectivity index (χ4n) is 4.64. The van der Waals surface area contributed by atoms with Gasteiger partial charge in [-0.1, -0.05) is 24.3 Å². The predicted octanol–water partition coefficient (Wildman–Crippen LogP) is 5.47. The lowest BCUT2D eigenvalue weighted by Gasteiger charge is -2.25. The van der Waals surface area contributed by atoms with E-state index in [1.807, 2.05) is 0 Å². The zero-order valence-corrected chi connectivity index (χ0v) is 25.1. The molecule has 0 fully saturated rings. The van der Waals surface area contributed by atoms with Crippen LogP contribution in [0.2, 0.25) is 0 Å². The molecule has 1 unspecified atom stereocenters. The molecular formula is C29H25F6N5O5S. The third kappa shape index (κ3) is 6.42. The normalized spacial score (nSPS) is 17.0. The minimum atomic E-state index is -4.88. The molecule has 0 radical (unpaired) electrons. The Morgan fingerprint density at radius 1 is 1.09 bits per heavy atom. The summed E-state index contributed by atoms with van der Waals surface area (Å²) in [5, 5.41) is 7.46. The van der Waals surface area contributed by atoms with Crippen molar-refractivity contribution in [3.63, 3.8) is 0 Å². The maximum Gasteiger partial charge on any atom is 0.573 e. The lowest BCUT2D eigenvalue weighted by molar-refractivity contribution is -0.274. The molecule has 3 heterocycles. The molecule has 17 heteroatoms. The molecule has 4 aromatic rings. The average Bonchev–Trinajstić information content (AvgIpc) is 3.44. The first-order chi connectivity index (χ1) is 21.3. The second-order valence-corrected chi connectivity index (χ2v) is 13.7. The molecule has 1 aliphatic rings. The smallest absolute Gasteiger partial charge is 0.419 e. The first-order valence-electron chi connectivity index (χ1n) is 13.4. The number of aromatic nitrogens is 3. The van der Waals surface area contributed by atoms with Gasteiger partial charge in [-0.05, 0) is 43.7 Å². The second kappa shape index (κ2) is 11.4. The van der Waals surface area contributed by atoms with Gasteiger partial charge in [-0.15, -0.1) is 23.4 Å². The Hall–Kier alpha value is -4.51.